The van der Waals surface area contributed by atoms with Gasteiger partial charge in [0, 0.05) is 5.56 Å². The molecule has 0 unspecified atom stereocenters. The summed E-state index contributed by atoms with van der Waals surface area (Å²) in [5.74, 6) is 0.0465. The lowest BCUT2D eigenvalue weighted by Crippen LogP contribution is -2.19. The van der Waals surface area contributed by atoms with Crippen LogP contribution < -0.4 is 33.3 Å². The normalized spacial score (nSPS) is 11.4. The number of hydrogen-bond donors (Lipinski definition) is 1. The van der Waals surface area contributed by atoms with E-state index in [-0.39, 0.29) is 11.3 Å². The van der Waals surface area contributed by atoms with E-state index in [9.17, 15) is 19.5 Å². The summed E-state index contributed by atoms with van der Waals surface area (Å²) in [5, 5.41) is 10.3. The first-order chi connectivity index (χ1) is 13.2. The van der Waals surface area contributed by atoms with Crippen LogP contribution in [0, 0.1) is 0 Å². The quantitative estimate of drug-likeness (QED) is 0.511. The molecule has 0 saturated carbocycles. The minimum atomic E-state index is -5.39. The van der Waals surface area contributed by atoms with E-state index in [4.69, 9.17) is 18.9 Å². The topological polar surface area (TPSA) is 130 Å². The summed E-state index contributed by atoms with van der Waals surface area (Å²) in [7, 11) is 0.294. The standard InChI is InChI=1S/C18H21O9P/c1-23-13-8-7-12(16(19)18(13)27-28(20,21)22)6-5-11-9-14(24-2)17(26-4)15(10-11)25-3/h5-10,19H,1-4H3,(H2,20,21,22)/p-2/b6-5-. The second-order valence-electron chi connectivity index (χ2n) is 5.37. The molecule has 10 heteroatoms. The highest BCUT2D eigenvalue weighted by molar-refractivity contribution is 7.43. The van der Waals surface area contributed by atoms with Gasteiger partial charge in [0.25, 0.3) is 0 Å². The Balaban J connectivity index is 2.47. The van der Waals surface area contributed by atoms with E-state index in [0.29, 0.717) is 22.8 Å². The minimum absolute atomic E-state index is 0.102. The molecule has 0 aliphatic heterocycles. The molecule has 0 radical (unpaired) electrons. The predicted molar refractivity (Wildman–Crippen MR) is 97.9 cm³/mol. The van der Waals surface area contributed by atoms with Crippen molar-refractivity contribution in [3.8, 4) is 34.5 Å². The number of rotatable bonds is 8. The number of aromatic hydroxyl groups is 1. The first-order valence-corrected chi connectivity index (χ1v) is 9.29. The van der Waals surface area contributed by atoms with E-state index in [1.54, 1.807) is 18.2 Å². The van der Waals surface area contributed by atoms with Gasteiger partial charge in [0.05, 0.1) is 28.4 Å². The van der Waals surface area contributed by atoms with Crippen molar-refractivity contribution in [2.24, 2.45) is 0 Å². The van der Waals surface area contributed by atoms with Crippen LogP contribution >= 0.6 is 7.82 Å². The molecule has 9 nitrogen and oxygen atoms in total. The third-order valence-electron chi connectivity index (χ3n) is 3.69. The van der Waals surface area contributed by atoms with Gasteiger partial charge in [-0.2, -0.15) is 0 Å². The Hall–Kier alpha value is -2.87. The van der Waals surface area contributed by atoms with Gasteiger partial charge in [0.15, 0.2) is 23.0 Å². The fourth-order valence-corrected chi connectivity index (χ4v) is 2.85. The number of phenolic OH excluding ortho intramolecular Hbond substituents is 1. The van der Waals surface area contributed by atoms with E-state index in [0.717, 1.165) is 0 Å². The minimum Gasteiger partial charge on any atom is -0.780 e. The molecular weight excluding hydrogens is 391 g/mol. The molecule has 2 rings (SSSR count). The average molecular weight is 410 g/mol. The van der Waals surface area contributed by atoms with Crippen LogP contribution in [0.3, 0.4) is 0 Å². The maximum Gasteiger partial charge on any atom is 0.208 e. The summed E-state index contributed by atoms with van der Waals surface area (Å²) in [6, 6.07) is 6.19. The van der Waals surface area contributed by atoms with Crippen molar-refractivity contribution >= 4 is 20.0 Å². The Bertz CT molecular complexity index is 893. The van der Waals surface area contributed by atoms with Gasteiger partial charge < -0.3 is 42.9 Å². The second-order valence-corrected chi connectivity index (χ2v) is 6.44. The lowest BCUT2D eigenvalue weighted by Gasteiger charge is -2.30. The number of ether oxygens (including phenoxy) is 4. The van der Waals surface area contributed by atoms with Crippen LogP contribution in [0.5, 0.6) is 34.5 Å². The smallest absolute Gasteiger partial charge is 0.208 e. The highest BCUT2D eigenvalue weighted by Gasteiger charge is 2.16. The lowest BCUT2D eigenvalue weighted by atomic mass is 10.1. The molecule has 28 heavy (non-hydrogen) atoms. The van der Waals surface area contributed by atoms with E-state index in [1.807, 2.05) is 0 Å². The molecule has 0 spiro atoms. The second kappa shape index (κ2) is 8.88. The Morgan fingerprint density at radius 3 is 1.89 bits per heavy atom. The van der Waals surface area contributed by atoms with Crippen molar-refractivity contribution in [1.82, 2.24) is 0 Å². The number of phosphoric acid groups is 1. The van der Waals surface area contributed by atoms with E-state index >= 15 is 0 Å². The van der Waals surface area contributed by atoms with Crippen molar-refractivity contribution in [2.75, 3.05) is 28.4 Å². The maximum absolute atomic E-state index is 10.9. The van der Waals surface area contributed by atoms with Crippen LogP contribution in [-0.2, 0) is 4.57 Å². The van der Waals surface area contributed by atoms with Crippen LogP contribution in [0.15, 0.2) is 24.3 Å². The SMILES string of the molecule is COc1cc(/C=C\c2ccc(OC)c(OP(=O)([O-])[O-])c2O)cc(OC)c1OC. The molecule has 0 atom stereocenters. The molecule has 0 aromatic heterocycles. The monoisotopic (exact) mass is 410 g/mol. The fraction of sp³-hybridized carbons (Fsp3) is 0.222. The number of phenols is 1. The largest absolute Gasteiger partial charge is 0.780 e. The van der Waals surface area contributed by atoms with Gasteiger partial charge in [0.2, 0.25) is 11.5 Å². The highest BCUT2D eigenvalue weighted by Crippen LogP contribution is 2.45. The number of benzene rings is 2. The molecular formula is C18H19O9P-2. The summed E-state index contributed by atoms with van der Waals surface area (Å²) in [5.41, 5.74) is 0.837. The Morgan fingerprint density at radius 2 is 1.43 bits per heavy atom. The number of phosphoric ester groups is 1. The van der Waals surface area contributed by atoms with Gasteiger partial charge in [-0.1, -0.05) is 12.2 Å². The molecule has 0 fully saturated rings. The van der Waals surface area contributed by atoms with Crippen molar-refractivity contribution in [2.45, 2.75) is 0 Å². The van der Waals surface area contributed by atoms with E-state index < -0.39 is 19.3 Å². The third kappa shape index (κ3) is 4.89. The van der Waals surface area contributed by atoms with Gasteiger partial charge in [-0.3, -0.25) is 0 Å². The fourth-order valence-electron chi connectivity index (χ4n) is 2.45. The zero-order valence-corrected chi connectivity index (χ0v) is 16.5. The maximum atomic E-state index is 10.9. The molecule has 2 aromatic rings. The Kier molecular flexibility index (Phi) is 6.80. The van der Waals surface area contributed by atoms with Crippen LogP contribution in [0.1, 0.15) is 11.1 Å². The molecule has 1 N–H and O–H groups in total. The molecule has 0 saturated heterocycles. The molecule has 0 aliphatic carbocycles. The lowest BCUT2D eigenvalue weighted by molar-refractivity contribution is -0.333. The summed E-state index contributed by atoms with van der Waals surface area (Å²) in [4.78, 5) is 21.9. The highest BCUT2D eigenvalue weighted by atomic mass is 31.2. The zero-order chi connectivity index (χ0) is 20.9. The first-order valence-electron chi connectivity index (χ1n) is 7.83. The van der Waals surface area contributed by atoms with Gasteiger partial charge in [-0.25, -0.2) is 0 Å². The summed E-state index contributed by atoms with van der Waals surface area (Å²) < 4.78 is 36.0. The zero-order valence-electron chi connectivity index (χ0n) is 15.6. The molecule has 0 bridgehead atoms. The van der Waals surface area contributed by atoms with Crippen LogP contribution in [0.25, 0.3) is 12.2 Å². The molecule has 0 heterocycles. The van der Waals surface area contributed by atoms with Crippen LogP contribution in [0.2, 0.25) is 0 Å². The first kappa shape index (κ1) is 21.4. The van der Waals surface area contributed by atoms with Crippen LogP contribution in [-0.4, -0.2) is 33.5 Å². The summed E-state index contributed by atoms with van der Waals surface area (Å²) in [6.45, 7) is 0. The van der Waals surface area contributed by atoms with Gasteiger partial charge >= 0.3 is 0 Å². The number of methoxy groups -OCH3 is 4. The van der Waals surface area contributed by atoms with E-state index in [2.05, 4.69) is 4.52 Å². The third-order valence-corrected chi connectivity index (χ3v) is 4.10. The van der Waals surface area contributed by atoms with Crippen molar-refractivity contribution < 1.29 is 42.9 Å². The van der Waals surface area contributed by atoms with Crippen molar-refractivity contribution in [3.05, 3.63) is 35.4 Å². The Morgan fingerprint density at radius 1 is 0.857 bits per heavy atom. The molecule has 0 aliphatic rings. The molecule has 2 aromatic carbocycles. The van der Waals surface area contributed by atoms with Crippen LogP contribution in [0.4, 0.5) is 0 Å². The Labute approximate surface area is 161 Å². The van der Waals surface area contributed by atoms with Crippen molar-refractivity contribution in [3.63, 3.8) is 0 Å². The summed E-state index contributed by atoms with van der Waals surface area (Å²) in [6.07, 6.45) is 3.10. The predicted octanol–water partition coefficient (Wildman–Crippen LogP) is 1.80. The van der Waals surface area contributed by atoms with Gasteiger partial charge in [0.1, 0.15) is 7.82 Å². The molecule has 152 valence electrons. The molecule has 0 amide bonds. The van der Waals surface area contributed by atoms with E-state index in [1.165, 1.54) is 46.6 Å². The van der Waals surface area contributed by atoms with Crippen molar-refractivity contribution in [1.29, 1.82) is 0 Å². The van der Waals surface area contributed by atoms with Gasteiger partial charge in [-0.15, -0.1) is 0 Å². The number of hydrogen-bond acceptors (Lipinski definition) is 9. The average Bonchev–Trinajstić information content (AvgIpc) is 2.66. The summed E-state index contributed by atoms with van der Waals surface area (Å²) >= 11 is 0. The van der Waals surface area contributed by atoms with Gasteiger partial charge in [-0.05, 0) is 29.8 Å².